The highest BCUT2D eigenvalue weighted by molar-refractivity contribution is 5.93. The molecule has 2 heterocycles. The van der Waals surface area contributed by atoms with Gasteiger partial charge in [0.1, 0.15) is 17.6 Å². The highest BCUT2D eigenvalue weighted by Gasteiger charge is 2.22. The second-order valence-electron chi connectivity index (χ2n) is 5.76. The van der Waals surface area contributed by atoms with Crippen LogP contribution in [0.25, 0.3) is 0 Å². The third-order valence-electron chi connectivity index (χ3n) is 3.86. The Hall–Kier alpha value is -2.76. The van der Waals surface area contributed by atoms with Crippen molar-refractivity contribution in [2.24, 2.45) is 0 Å². The Balaban J connectivity index is 1.76. The van der Waals surface area contributed by atoms with Gasteiger partial charge in [0.05, 0.1) is 12.2 Å². The molecule has 6 nitrogen and oxygen atoms in total. The van der Waals surface area contributed by atoms with Crippen LogP contribution in [0.3, 0.4) is 0 Å². The topological polar surface area (TPSA) is 80.4 Å². The minimum atomic E-state index is -0.261. The maximum atomic E-state index is 12.2. The van der Waals surface area contributed by atoms with E-state index in [2.05, 4.69) is 10.3 Å². The molecule has 24 heavy (non-hydrogen) atoms. The SMILES string of the molecule is CCOc1cc2c(cc1CNC(=O)c1ccc(=O)[nH]c1)OC(C)C2. The van der Waals surface area contributed by atoms with Crippen LogP contribution >= 0.6 is 0 Å². The summed E-state index contributed by atoms with van der Waals surface area (Å²) in [5, 5.41) is 2.84. The summed E-state index contributed by atoms with van der Waals surface area (Å²) < 4.78 is 11.5. The van der Waals surface area contributed by atoms with Crippen molar-refractivity contribution in [2.75, 3.05) is 6.61 Å². The average molecular weight is 328 g/mol. The standard InChI is InChI=1S/C18H20N2O4/c1-3-23-15-7-13-6-11(2)24-16(13)8-14(15)10-20-18(22)12-4-5-17(21)19-9-12/h4-5,7-9,11H,3,6,10H2,1-2H3,(H,19,21)(H,20,22). The second-order valence-corrected chi connectivity index (χ2v) is 5.76. The van der Waals surface area contributed by atoms with Gasteiger partial charge in [-0.05, 0) is 32.0 Å². The molecule has 1 amide bonds. The molecule has 126 valence electrons. The van der Waals surface area contributed by atoms with Gasteiger partial charge in [-0.3, -0.25) is 9.59 Å². The van der Waals surface area contributed by atoms with Gasteiger partial charge in [-0.15, -0.1) is 0 Å². The predicted octanol–water partition coefficient (Wildman–Crippen LogP) is 2.03. The Morgan fingerprint density at radius 1 is 1.42 bits per heavy atom. The summed E-state index contributed by atoms with van der Waals surface area (Å²) in [4.78, 5) is 25.7. The molecule has 0 saturated heterocycles. The number of aromatic nitrogens is 1. The van der Waals surface area contributed by atoms with Gasteiger partial charge in [-0.1, -0.05) is 0 Å². The van der Waals surface area contributed by atoms with Crippen LogP contribution in [-0.4, -0.2) is 23.6 Å². The predicted molar refractivity (Wildman–Crippen MR) is 89.6 cm³/mol. The van der Waals surface area contributed by atoms with Crippen molar-refractivity contribution >= 4 is 5.91 Å². The third-order valence-corrected chi connectivity index (χ3v) is 3.86. The molecule has 3 rings (SSSR count). The van der Waals surface area contributed by atoms with Crippen LogP contribution in [0.5, 0.6) is 11.5 Å². The van der Waals surface area contributed by atoms with Crippen molar-refractivity contribution in [3.63, 3.8) is 0 Å². The van der Waals surface area contributed by atoms with Crippen molar-refractivity contribution in [3.05, 3.63) is 57.5 Å². The number of H-pyrrole nitrogens is 1. The van der Waals surface area contributed by atoms with Gasteiger partial charge >= 0.3 is 0 Å². The molecule has 0 spiro atoms. The van der Waals surface area contributed by atoms with E-state index in [0.717, 1.165) is 29.0 Å². The fourth-order valence-corrected chi connectivity index (χ4v) is 2.74. The van der Waals surface area contributed by atoms with E-state index in [1.54, 1.807) is 0 Å². The molecule has 0 saturated carbocycles. The third kappa shape index (κ3) is 3.42. The van der Waals surface area contributed by atoms with Crippen LogP contribution in [0.2, 0.25) is 0 Å². The lowest BCUT2D eigenvalue weighted by atomic mass is 10.1. The van der Waals surface area contributed by atoms with Crippen LogP contribution < -0.4 is 20.3 Å². The highest BCUT2D eigenvalue weighted by atomic mass is 16.5. The molecular weight excluding hydrogens is 308 g/mol. The molecule has 2 aromatic rings. The number of rotatable bonds is 5. The van der Waals surface area contributed by atoms with Gasteiger partial charge in [0.2, 0.25) is 5.56 Å². The van der Waals surface area contributed by atoms with Crippen LogP contribution in [-0.2, 0) is 13.0 Å². The zero-order valence-electron chi connectivity index (χ0n) is 13.7. The quantitative estimate of drug-likeness (QED) is 0.880. The number of hydrogen-bond donors (Lipinski definition) is 2. The molecule has 6 heteroatoms. The molecule has 1 aliphatic heterocycles. The lowest BCUT2D eigenvalue weighted by Crippen LogP contribution is -2.24. The lowest BCUT2D eigenvalue weighted by Gasteiger charge is -2.13. The van der Waals surface area contributed by atoms with E-state index in [9.17, 15) is 9.59 Å². The maximum Gasteiger partial charge on any atom is 0.253 e. The first kappa shape index (κ1) is 16.1. The number of ether oxygens (including phenoxy) is 2. The molecule has 2 N–H and O–H groups in total. The summed E-state index contributed by atoms with van der Waals surface area (Å²) in [6, 6.07) is 6.73. The molecule has 1 aromatic heterocycles. The van der Waals surface area contributed by atoms with E-state index < -0.39 is 0 Å². The highest BCUT2D eigenvalue weighted by Crippen LogP contribution is 2.35. The number of nitrogens with one attached hydrogen (secondary N) is 2. The van der Waals surface area contributed by atoms with Gasteiger partial charge in [-0.25, -0.2) is 0 Å². The number of fused-ring (bicyclic) bond motifs is 1. The van der Waals surface area contributed by atoms with Gasteiger partial charge in [0.25, 0.3) is 5.91 Å². The largest absolute Gasteiger partial charge is 0.494 e. The van der Waals surface area contributed by atoms with Crippen LogP contribution in [0, 0.1) is 0 Å². The minimum Gasteiger partial charge on any atom is -0.494 e. The number of aromatic amines is 1. The number of amides is 1. The van der Waals surface area contributed by atoms with Gasteiger partial charge in [0, 0.05) is 36.4 Å². The number of benzene rings is 1. The maximum absolute atomic E-state index is 12.2. The first-order valence-corrected chi connectivity index (χ1v) is 7.99. The molecule has 1 atom stereocenters. The number of pyridine rings is 1. The summed E-state index contributed by atoms with van der Waals surface area (Å²) >= 11 is 0. The van der Waals surface area contributed by atoms with Crippen molar-refractivity contribution in [1.29, 1.82) is 0 Å². The summed E-state index contributed by atoms with van der Waals surface area (Å²) in [5.74, 6) is 1.35. The van der Waals surface area contributed by atoms with E-state index in [4.69, 9.17) is 9.47 Å². The average Bonchev–Trinajstić information content (AvgIpc) is 2.92. The van der Waals surface area contributed by atoms with Gasteiger partial charge in [0.15, 0.2) is 0 Å². The Bertz CT molecular complexity index is 793. The number of carbonyl (C=O) groups excluding carboxylic acids is 1. The smallest absolute Gasteiger partial charge is 0.253 e. The van der Waals surface area contributed by atoms with Crippen LogP contribution in [0.15, 0.2) is 35.3 Å². The monoisotopic (exact) mass is 328 g/mol. The molecule has 0 fully saturated rings. The minimum absolute atomic E-state index is 0.153. The Morgan fingerprint density at radius 2 is 2.25 bits per heavy atom. The van der Waals surface area contributed by atoms with Crippen molar-refractivity contribution in [3.8, 4) is 11.5 Å². The Labute approximate surface area is 139 Å². The van der Waals surface area contributed by atoms with Crippen molar-refractivity contribution in [2.45, 2.75) is 32.9 Å². The second kappa shape index (κ2) is 6.78. The Kier molecular flexibility index (Phi) is 4.55. The zero-order valence-corrected chi connectivity index (χ0v) is 13.7. The Morgan fingerprint density at radius 3 is 2.96 bits per heavy atom. The fourth-order valence-electron chi connectivity index (χ4n) is 2.74. The molecule has 0 radical (unpaired) electrons. The van der Waals surface area contributed by atoms with E-state index in [1.807, 2.05) is 26.0 Å². The van der Waals surface area contributed by atoms with Gasteiger partial charge < -0.3 is 19.8 Å². The van der Waals surface area contributed by atoms with Gasteiger partial charge in [-0.2, -0.15) is 0 Å². The van der Waals surface area contributed by atoms with E-state index >= 15 is 0 Å². The summed E-state index contributed by atoms with van der Waals surface area (Å²) in [6.07, 6.45) is 2.41. The van der Waals surface area contributed by atoms with Crippen molar-refractivity contribution < 1.29 is 14.3 Å². The molecule has 0 aliphatic carbocycles. The number of hydrogen-bond acceptors (Lipinski definition) is 4. The zero-order chi connectivity index (χ0) is 17.1. The molecular formula is C18H20N2O4. The van der Waals surface area contributed by atoms with Crippen LogP contribution in [0.1, 0.15) is 35.3 Å². The molecule has 1 aliphatic rings. The summed E-state index contributed by atoms with van der Waals surface area (Å²) in [5.41, 5.74) is 2.15. The van der Waals surface area contributed by atoms with E-state index in [-0.39, 0.29) is 17.6 Å². The van der Waals surface area contributed by atoms with Crippen LogP contribution in [0.4, 0.5) is 0 Å². The summed E-state index contributed by atoms with van der Waals surface area (Å²) in [7, 11) is 0. The molecule has 1 unspecified atom stereocenters. The summed E-state index contributed by atoms with van der Waals surface area (Å²) in [6.45, 7) is 4.82. The lowest BCUT2D eigenvalue weighted by molar-refractivity contribution is 0.0950. The first-order valence-electron chi connectivity index (χ1n) is 7.99. The first-order chi connectivity index (χ1) is 11.6. The molecule has 1 aromatic carbocycles. The number of carbonyl (C=O) groups is 1. The van der Waals surface area contributed by atoms with Crippen molar-refractivity contribution in [1.82, 2.24) is 10.3 Å². The normalized spacial score (nSPS) is 15.5. The fraction of sp³-hybridized carbons (Fsp3) is 0.333. The van der Waals surface area contributed by atoms with E-state index in [0.29, 0.717) is 18.7 Å². The van der Waals surface area contributed by atoms with E-state index in [1.165, 1.54) is 18.3 Å². The molecule has 0 bridgehead atoms.